The molecule has 0 heterocycles. The molecule has 3 N–H and O–H groups in total. The van der Waals surface area contributed by atoms with E-state index in [2.05, 4.69) is 19.2 Å². The maximum Gasteiger partial charge on any atom is 0.0447 e. The fourth-order valence-electron chi connectivity index (χ4n) is 1.54. The molecule has 0 aromatic heterocycles. The molecule has 90 valence electrons. The molecule has 16 heavy (non-hydrogen) atoms. The Balaban J connectivity index is 2.86. The van der Waals surface area contributed by atoms with Crippen molar-refractivity contribution in [1.29, 1.82) is 0 Å². The summed E-state index contributed by atoms with van der Waals surface area (Å²) >= 11 is 11.9. The molecule has 1 aromatic rings. The topological polar surface area (TPSA) is 38.0 Å². The summed E-state index contributed by atoms with van der Waals surface area (Å²) in [6.45, 7) is 4.80. The summed E-state index contributed by atoms with van der Waals surface area (Å²) in [5.74, 6) is 0. The standard InChI is InChI=1S/C12H18Cl2N2/c1-3-8(2)16-12(7-15)9-4-10(13)6-11(14)5-9/h4-6,8,12,16H,3,7,15H2,1-2H3. The second kappa shape index (κ2) is 6.45. The number of halogens is 2. The van der Waals surface area contributed by atoms with E-state index in [1.807, 2.05) is 12.1 Å². The Morgan fingerprint density at radius 2 is 1.81 bits per heavy atom. The molecule has 0 saturated carbocycles. The molecule has 0 aliphatic heterocycles. The summed E-state index contributed by atoms with van der Waals surface area (Å²) < 4.78 is 0. The molecule has 4 heteroatoms. The Bertz CT molecular complexity index is 322. The van der Waals surface area contributed by atoms with Crippen LogP contribution in [0, 0.1) is 0 Å². The van der Waals surface area contributed by atoms with Gasteiger partial charge < -0.3 is 11.1 Å². The fourth-order valence-corrected chi connectivity index (χ4v) is 2.08. The maximum atomic E-state index is 5.97. The molecule has 0 spiro atoms. The van der Waals surface area contributed by atoms with E-state index in [1.165, 1.54) is 0 Å². The first kappa shape index (κ1) is 13.8. The second-order valence-electron chi connectivity index (χ2n) is 3.97. The van der Waals surface area contributed by atoms with Crippen LogP contribution in [0.5, 0.6) is 0 Å². The molecule has 0 saturated heterocycles. The van der Waals surface area contributed by atoms with Gasteiger partial charge in [-0.25, -0.2) is 0 Å². The zero-order valence-corrected chi connectivity index (χ0v) is 11.1. The van der Waals surface area contributed by atoms with E-state index in [0.29, 0.717) is 22.6 Å². The van der Waals surface area contributed by atoms with Gasteiger partial charge in [0.05, 0.1) is 0 Å². The monoisotopic (exact) mass is 260 g/mol. The lowest BCUT2D eigenvalue weighted by Crippen LogP contribution is -2.34. The van der Waals surface area contributed by atoms with Gasteiger partial charge in [-0.1, -0.05) is 30.1 Å². The highest BCUT2D eigenvalue weighted by molar-refractivity contribution is 6.34. The predicted octanol–water partition coefficient (Wildman–Crippen LogP) is 3.38. The summed E-state index contributed by atoms with van der Waals surface area (Å²) in [6, 6.07) is 6.06. The molecule has 0 fully saturated rings. The van der Waals surface area contributed by atoms with Gasteiger partial charge in [0.15, 0.2) is 0 Å². The van der Waals surface area contributed by atoms with Gasteiger partial charge in [0.2, 0.25) is 0 Å². The van der Waals surface area contributed by atoms with Gasteiger partial charge in [0.25, 0.3) is 0 Å². The van der Waals surface area contributed by atoms with Crippen LogP contribution in [0.25, 0.3) is 0 Å². The van der Waals surface area contributed by atoms with Gasteiger partial charge in [0.1, 0.15) is 0 Å². The van der Waals surface area contributed by atoms with Crippen molar-refractivity contribution in [2.45, 2.75) is 32.4 Å². The summed E-state index contributed by atoms with van der Waals surface area (Å²) in [7, 11) is 0. The number of hydrogen-bond acceptors (Lipinski definition) is 2. The minimum Gasteiger partial charge on any atom is -0.329 e. The Hall–Kier alpha value is -0.280. The van der Waals surface area contributed by atoms with Crippen LogP contribution >= 0.6 is 23.2 Å². The largest absolute Gasteiger partial charge is 0.329 e. The third kappa shape index (κ3) is 3.95. The van der Waals surface area contributed by atoms with Crippen LogP contribution in [0.1, 0.15) is 31.9 Å². The third-order valence-electron chi connectivity index (χ3n) is 2.62. The molecule has 1 aromatic carbocycles. The van der Waals surface area contributed by atoms with Crippen molar-refractivity contribution in [2.24, 2.45) is 5.73 Å². The van der Waals surface area contributed by atoms with Crippen LogP contribution in [0.15, 0.2) is 18.2 Å². The summed E-state index contributed by atoms with van der Waals surface area (Å²) in [4.78, 5) is 0. The minimum absolute atomic E-state index is 0.103. The predicted molar refractivity (Wildman–Crippen MR) is 71.1 cm³/mol. The van der Waals surface area contributed by atoms with Crippen molar-refractivity contribution in [3.05, 3.63) is 33.8 Å². The highest BCUT2D eigenvalue weighted by atomic mass is 35.5. The number of rotatable bonds is 5. The SMILES string of the molecule is CCC(C)NC(CN)c1cc(Cl)cc(Cl)c1. The number of nitrogens with one attached hydrogen (secondary N) is 1. The average Bonchev–Trinajstić information content (AvgIpc) is 2.24. The lowest BCUT2D eigenvalue weighted by molar-refractivity contribution is 0.452. The van der Waals surface area contributed by atoms with E-state index < -0.39 is 0 Å². The lowest BCUT2D eigenvalue weighted by Gasteiger charge is -2.22. The molecule has 0 aliphatic carbocycles. The van der Waals surface area contributed by atoms with Gasteiger partial charge >= 0.3 is 0 Å². The first-order chi connectivity index (χ1) is 7.56. The molecule has 2 atom stereocenters. The third-order valence-corrected chi connectivity index (χ3v) is 3.06. The Morgan fingerprint density at radius 3 is 2.25 bits per heavy atom. The molecule has 0 bridgehead atoms. The lowest BCUT2D eigenvalue weighted by atomic mass is 10.1. The van der Waals surface area contributed by atoms with E-state index in [-0.39, 0.29) is 6.04 Å². The van der Waals surface area contributed by atoms with E-state index in [1.54, 1.807) is 6.07 Å². The molecular formula is C12H18Cl2N2. The van der Waals surface area contributed by atoms with Crippen molar-refractivity contribution < 1.29 is 0 Å². The van der Waals surface area contributed by atoms with Crippen molar-refractivity contribution >= 4 is 23.2 Å². The van der Waals surface area contributed by atoms with Gasteiger partial charge in [-0.15, -0.1) is 0 Å². The van der Waals surface area contributed by atoms with Crippen LogP contribution in [0.3, 0.4) is 0 Å². The zero-order chi connectivity index (χ0) is 12.1. The highest BCUT2D eigenvalue weighted by Gasteiger charge is 2.12. The van der Waals surface area contributed by atoms with Gasteiger partial charge in [-0.3, -0.25) is 0 Å². The minimum atomic E-state index is 0.103. The number of nitrogens with two attached hydrogens (primary N) is 1. The maximum absolute atomic E-state index is 5.97. The van der Waals surface area contributed by atoms with Crippen LogP contribution < -0.4 is 11.1 Å². The van der Waals surface area contributed by atoms with E-state index in [9.17, 15) is 0 Å². The van der Waals surface area contributed by atoms with Crippen molar-refractivity contribution in [2.75, 3.05) is 6.54 Å². The summed E-state index contributed by atoms with van der Waals surface area (Å²) in [5, 5.41) is 4.74. The first-order valence-corrected chi connectivity index (χ1v) is 6.24. The normalized spacial score (nSPS) is 14.8. The average molecular weight is 261 g/mol. The second-order valence-corrected chi connectivity index (χ2v) is 4.84. The van der Waals surface area contributed by atoms with Gasteiger partial charge in [-0.2, -0.15) is 0 Å². The molecule has 0 radical (unpaired) electrons. The summed E-state index contributed by atoms with van der Waals surface area (Å²) in [5.41, 5.74) is 6.80. The Kier molecular flexibility index (Phi) is 5.56. The summed E-state index contributed by atoms with van der Waals surface area (Å²) in [6.07, 6.45) is 1.06. The van der Waals surface area contributed by atoms with Crippen LogP contribution in [0.4, 0.5) is 0 Å². The quantitative estimate of drug-likeness (QED) is 0.852. The molecule has 1 rings (SSSR count). The fraction of sp³-hybridized carbons (Fsp3) is 0.500. The highest BCUT2D eigenvalue weighted by Crippen LogP contribution is 2.23. The van der Waals surface area contributed by atoms with E-state index in [4.69, 9.17) is 28.9 Å². The van der Waals surface area contributed by atoms with E-state index >= 15 is 0 Å². The van der Waals surface area contributed by atoms with Crippen LogP contribution in [-0.2, 0) is 0 Å². The molecular weight excluding hydrogens is 243 g/mol. The Labute approximate surface area is 107 Å². The van der Waals surface area contributed by atoms with Crippen LogP contribution in [0.2, 0.25) is 10.0 Å². The first-order valence-electron chi connectivity index (χ1n) is 5.49. The molecule has 0 amide bonds. The number of benzene rings is 1. The van der Waals surface area contributed by atoms with Crippen molar-refractivity contribution in [1.82, 2.24) is 5.32 Å². The van der Waals surface area contributed by atoms with Gasteiger partial charge in [0, 0.05) is 28.7 Å². The Morgan fingerprint density at radius 1 is 1.25 bits per heavy atom. The van der Waals surface area contributed by atoms with Crippen molar-refractivity contribution in [3.8, 4) is 0 Å². The smallest absolute Gasteiger partial charge is 0.0447 e. The molecule has 0 aliphatic rings. The number of hydrogen-bond donors (Lipinski definition) is 2. The van der Waals surface area contributed by atoms with Crippen LogP contribution in [-0.4, -0.2) is 12.6 Å². The molecule has 2 unspecified atom stereocenters. The van der Waals surface area contributed by atoms with E-state index in [0.717, 1.165) is 12.0 Å². The van der Waals surface area contributed by atoms with Gasteiger partial charge in [-0.05, 0) is 37.1 Å². The molecule has 2 nitrogen and oxygen atoms in total. The van der Waals surface area contributed by atoms with Crippen molar-refractivity contribution in [3.63, 3.8) is 0 Å². The zero-order valence-electron chi connectivity index (χ0n) is 9.63.